The fraction of sp³-hybridized carbons (Fsp3) is 0.364. The Hall–Kier alpha value is -1.75. The van der Waals surface area contributed by atoms with Crippen LogP contribution in [0.25, 0.3) is 5.95 Å². The topological polar surface area (TPSA) is 55.6 Å². The summed E-state index contributed by atoms with van der Waals surface area (Å²) in [6.45, 7) is 1.02. The first-order valence-corrected chi connectivity index (χ1v) is 5.35. The lowest BCUT2D eigenvalue weighted by Gasteiger charge is -1.97. The van der Waals surface area contributed by atoms with Crippen molar-refractivity contribution in [1.82, 2.24) is 25.1 Å². The molecule has 0 aliphatic carbocycles. The molecule has 0 radical (unpaired) electrons. The molecule has 1 N–H and O–H groups in total. The van der Waals surface area contributed by atoms with E-state index in [-0.39, 0.29) is 0 Å². The van der Waals surface area contributed by atoms with Gasteiger partial charge in [-0.05, 0) is 38.1 Å². The maximum atomic E-state index is 4.24. The van der Waals surface area contributed by atoms with Gasteiger partial charge in [0.2, 0.25) is 5.95 Å². The molecule has 0 atom stereocenters. The summed E-state index contributed by atoms with van der Waals surface area (Å²) in [7, 11) is 1.96. The third-order valence-electron chi connectivity index (χ3n) is 2.29. The molecule has 0 aliphatic rings. The van der Waals surface area contributed by atoms with Crippen molar-refractivity contribution >= 4 is 0 Å². The van der Waals surface area contributed by atoms with E-state index < -0.39 is 0 Å². The Morgan fingerprint density at radius 1 is 1.31 bits per heavy atom. The Labute approximate surface area is 94.5 Å². The van der Waals surface area contributed by atoms with E-state index in [1.54, 1.807) is 23.1 Å². The zero-order chi connectivity index (χ0) is 11.2. The minimum atomic E-state index is 0.613. The lowest BCUT2D eigenvalue weighted by Crippen LogP contribution is -2.08. The Balaban J connectivity index is 2.02. The highest BCUT2D eigenvalue weighted by atomic mass is 15.3. The van der Waals surface area contributed by atoms with E-state index in [2.05, 4.69) is 20.4 Å². The van der Waals surface area contributed by atoms with Crippen molar-refractivity contribution < 1.29 is 0 Å². The van der Waals surface area contributed by atoms with Crippen LogP contribution < -0.4 is 5.32 Å². The lowest BCUT2D eigenvalue weighted by molar-refractivity contribution is 0.724. The molecule has 2 rings (SSSR count). The molecule has 5 nitrogen and oxygen atoms in total. The second-order valence-corrected chi connectivity index (χ2v) is 3.55. The van der Waals surface area contributed by atoms with Crippen LogP contribution in [-0.2, 0) is 6.42 Å². The zero-order valence-corrected chi connectivity index (χ0v) is 9.30. The van der Waals surface area contributed by atoms with Crippen LogP contribution in [0.5, 0.6) is 0 Å². The second kappa shape index (κ2) is 5.37. The normalized spacial score (nSPS) is 10.6. The summed E-state index contributed by atoms with van der Waals surface area (Å²) in [6.07, 6.45) is 9.40. The number of nitrogens with one attached hydrogen (secondary N) is 1. The Morgan fingerprint density at radius 2 is 2.12 bits per heavy atom. The number of aromatic nitrogens is 4. The quantitative estimate of drug-likeness (QED) is 0.753. The first kappa shape index (κ1) is 10.8. The maximum absolute atomic E-state index is 4.24. The van der Waals surface area contributed by atoms with E-state index in [4.69, 9.17) is 0 Å². The van der Waals surface area contributed by atoms with Crippen LogP contribution in [0.15, 0.2) is 30.9 Å². The predicted octanol–water partition coefficient (Wildman–Crippen LogP) is 0.814. The molecule has 0 fully saturated rings. The Morgan fingerprint density at radius 3 is 2.88 bits per heavy atom. The van der Waals surface area contributed by atoms with Crippen molar-refractivity contribution in [3.8, 4) is 5.95 Å². The van der Waals surface area contributed by atoms with Crippen LogP contribution in [0.3, 0.4) is 0 Å². The average Bonchev–Trinajstić information content (AvgIpc) is 2.79. The summed E-state index contributed by atoms with van der Waals surface area (Å²) in [5.41, 5.74) is 1.21. The van der Waals surface area contributed by atoms with Crippen molar-refractivity contribution in [1.29, 1.82) is 0 Å². The highest BCUT2D eigenvalue weighted by Gasteiger charge is 2.01. The molecule has 2 aromatic rings. The van der Waals surface area contributed by atoms with Crippen LogP contribution in [-0.4, -0.2) is 33.3 Å². The number of hydrogen-bond donors (Lipinski definition) is 1. The van der Waals surface area contributed by atoms with Gasteiger partial charge in [-0.25, -0.2) is 14.6 Å². The van der Waals surface area contributed by atoms with Gasteiger partial charge in [0.15, 0.2) is 0 Å². The third-order valence-corrected chi connectivity index (χ3v) is 2.29. The zero-order valence-electron chi connectivity index (χ0n) is 9.30. The standard InChI is InChI=1S/C11H15N5/c1-12-5-2-4-10-8-15-16(9-10)11-13-6-3-7-14-11/h3,6-9,12H,2,4-5H2,1H3. The largest absolute Gasteiger partial charge is 0.320 e. The molecule has 0 amide bonds. The van der Waals surface area contributed by atoms with E-state index in [0.717, 1.165) is 19.4 Å². The monoisotopic (exact) mass is 217 g/mol. The van der Waals surface area contributed by atoms with Crippen LogP contribution in [0.4, 0.5) is 0 Å². The summed E-state index contributed by atoms with van der Waals surface area (Å²) in [5.74, 6) is 0.613. The van der Waals surface area contributed by atoms with Crippen molar-refractivity contribution in [2.24, 2.45) is 0 Å². The van der Waals surface area contributed by atoms with Crippen LogP contribution in [0.2, 0.25) is 0 Å². The summed E-state index contributed by atoms with van der Waals surface area (Å²) in [6, 6.07) is 1.79. The minimum Gasteiger partial charge on any atom is -0.320 e. The van der Waals surface area contributed by atoms with E-state index in [9.17, 15) is 0 Å². The van der Waals surface area contributed by atoms with Gasteiger partial charge in [0.1, 0.15) is 0 Å². The number of aryl methyl sites for hydroxylation is 1. The molecular formula is C11H15N5. The molecule has 84 valence electrons. The summed E-state index contributed by atoms with van der Waals surface area (Å²) < 4.78 is 1.70. The van der Waals surface area contributed by atoms with Gasteiger partial charge in [-0.1, -0.05) is 0 Å². The third kappa shape index (κ3) is 2.64. The van der Waals surface area contributed by atoms with Gasteiger partial charge in [0.05, 0.1) is 6.20 Å². The highest BCUT2D eigenvalue weighted by Crippen LogP contribution is 2.04. The van der Waals surface area contributed by atoms with Crippen LogP contribution in [0.1, 0.15) is 12.0 Å². The van der Waals surface area contributed by atoms with E-state index in [0.29, 0.717) is 5.95 Å². The van der Waals surface area contributed by atoms with Crippen molar-refractivity contribution in [2.45, 2.75) is 12.8 Å². The summed E-state index contributed by atoms with van der Waals surface area (Å²) >= 11 is 0. The second-order valence-electron chi connectivity index (χ2n) is 3.55. The summed E-state index contributed by atoms with van der Waals surface area (Å²) in [4.78, 5) is 8.27. The molecule has 2 heterocycles. The molecule has 0 spiro atoms. The smallest absolute Gasteiger partial charge is 0.250 e. The Kier molecular flexibility index (Phi) is 3.61. The van der Waals surface area contributed by atoms with Gasteiger partial charge >= 0.3 is 0 Å². The first-order chi connectivity index (χ1) is 7.90. The molecule has 0 saturated heterocycles. The lowest BCUT2D eigenvalue weighted by atomic mass is 10.2. The van der Waals surface area contributed by atoms with Gasteiger partial charge in [-0.15, -0.1) is 0 Å². The van der Waals surface area contributed by atoms with Crippen LogP contribution >= 0.6 is 0 Å². The van der Waals surface area contributed by atoms with Gasteiger partial charge in [0, 0.05) is 18.6 Å². The Bertz CT molecular complexity index is 423. The van der Waals surface area contributed by atoms with Crippen LogP contribution in [0, 0.1) is 0 Å². The maximum Gasteiger partial charge on any atom is 0.250 e. The molecule has 0 aromatic carbocycles. The number of hydrogen-bond acceptors (Lipinski definition) is 4. The molecule has 5 heteroatoms. The van der Waals surface area contributed by atoms with Crippen molar-refractivity contribution in [2.75, 3.05) is 13.6 Å². The van der Waals surface area contributed by atoms with E-state index in [1.165, 1.54) is 5.56 Å². The average molecular weight is 217 g/mol. The molecule has 0 unspecified atom stereocenters. The molecule has 0 bridgehead atoms. The SMILES string of the molecule is CNCCCc1cnn(-c2ncccn2)c1. The predicted molar refractivity (Wildman–Crippen MR) is 61.4 cm³/mol. The molecular weight excluding hydrogens is 202 g/mol. The van der Waals surface area contributed by atoms with Gasteiger partial charge in [-0.2, -0.15) is 5.10 Å². The van der Waals surface area contributed by atoms with E-state index in [1.807, 2.05) is 19.4 Å². The molecule has 0 aliphatic heterocycles. The highest BCUT2D eigenvalue weighted by molar-refractivity contribution is 5.13. The van der Waals surface area contributed by atoms with E-state index >= 15 is 0 Å². The van der Waals surface area contributed by atoms with Gasteiger partial charge < -0.3 is 5.32 Å². The van der Waals surface area contributed by atoms with Crippen molar-refractivity contribution in [3.63, 3.8) is 0 Å². The van der Waals surface area contributed by atoms with Gasteiger partial charge in [-0.3, -0.25) is 0 Å². The molecule has 16 heavy (non-hydrogen) atoms. The fourth-order valence-corrected chi connectivity index (χ4v) is 1.48. The number of rotatable bonds is 5. The first-order valence-electron chi connectivity index (χ1n) is 5.35. The molecule has 0 saturated carbocycles. The minimum absolute atomic E-state index is 0.613. The van der Waals surface area contributed by atoms with Crippen molar-refractivity contribution in [3.05, 3.63) is 36.4 Å². The number of nitrogens with zero attached hydrogens (tertiary/aromatic N) is 4. The fourth-order valence-electron chi connectivity index (χ4n) is 1.48. The van der Waals surface area contributed by atoms with Gasteiger partial charge in [0.25, 0.3) is 0 Å². The molecule has 2 aromatic heterocycles. The summed E-state index contributed by atoms with van der Waals surface area (Å²) in [5, 5.41) is 7.36.